The number of nitrogens with zero attached hydrogens (tertiary/aromatic N) is 2. The first-order valence-corrected chi connectivity index (χ1v) is 13.8. The Morgan fingerprint density at radius 1 is 1.05 bits per heavy atom. The smallest absolute Gasteiger partial charge is 0.360 e. The number of carbonyl (C=O) groups is 2. The number of halogens is 5. The SMILES string of the molecule is Cl.O=C(CN(C(=O)c1ccc2c(Cl)c[nH]c2c1)c1ccccc1C(F)(F)F)NCC1CCN(C2CCCC2)CC1. The number of aromatic amines is 1. The summed E-state index contributed by atoms with van der Waals surface area (Å²) in [4.78, 5) is 33.0. The van der Waals surface area contributed by atoms with Gasteiger partial charge in [0.05, 0.1) is 16.3 Å². The van der Waals surface area contributed by atoms with Gasteiger partial charge in [-0.25, -0.2) is 0 Å². The van der Waals surface area contributed by atoms with E-state index in [-0.39, 0.29) is 23.7 Å². The van der Waals surface area contributed by atoms with Gasteiger partial charge in [0.15, 0.2) is 0 Å². The molecular weight excluding hydrogens is 564 g/mol. The van der Waals surface area contributed by atoms with E-state index in [2.05, 4.69) is 15.2 Å². The molecule has 0 bridgehead atoms. The van der Waals surface area contributed by atoms with Crippen LogP contribution in [0.25, 0.3) is 10.9 Å². The van der Waals surface area contributed by atoms with Gasteiger partial charge in [-0.15, -0.1) is 12.4 Å². The third kappa shape index (κ3) is 6.75. The van der Waals surface area contributed by atoms with E-state index >= 15 is 0 Å². The van der Waals surface area contributed by atoms with Crippen LogP contribution in [-0.4, -0.2) is 53.9 Å². The minimum absolute atomic E-state index is 0. The van der Waals surface area contributed by atoms with Crippen molar-refractivity contribution in [2.24, 2.45) is 5.92 Å². The number of alkyl halides is 3. The molecule has 0 spiro atoms. The van der Waals surface area contributed by atoms with Crippen molar-refractivity contribution in [3.63, 3.8) is 0 Å². The third-order valence-corrected chi connectivity index (χ3v) is 8.32. The number of fused-ring (bicyclic) bond motifs is 1. The van der Waals surface area contributed by atoms with Crippen LogP contribution in [0.1, 0.15) is 54.4 Å². The van der Waals surface area contributed by atoms with Gasteiger partial charge < -0.3 is 15.2 Å². The Kier molecular flexibility index (Phi) is 9.69. The Labute approximate surface area is 242 Å². The molecule has 3 aromatic rings. The van der Waals surface area contributed by atoms with Crippen LogP contribution in [0.4, 0.5) is 18.9 Å². The van der Waals surface area contributed by atoms with E-state index in [9.17, 15) is 22.8 Å². The fourth-order valence-electron chi connectivity index (χ4n) is 5.84. The first-order chi connectivity index (χ1) is 18.7. The molecule has 2 amide bonds. The summed E-state index contributed by atoms with van der Waals surface area (Å²) >= 11 is 6.14. The molecule has 1 aromatic heterocycles. The quantitative estimate of drug-likeness (QED) is 0.320. The number of nitrogens with one attached hydrogen (secondary N) is 2. The molecule has 1 aliphatic heterocycles. The van der Waals surface area contributed by atoms with E-state index in [4.69, 9.17) is 11.6 Å². The number of carbonyl (C=O) groups excluding carboxylic acids is 2. The lowest BCUT2D eigenvalue weighted by Crippen LogP contribution is -2.45. The summed E-state index contributed by atoms with van der Waals surface area (Å²) in [7, 11) is 0. The van der Waals surface area contributed by atoms with Gasteiger partial charge >= 0.3 is 6.18 Å². The molecule has 2 aromatic carbocycles. The maximum atomic E-state index is 13.9. The Hall–Kier alpha value is -2.75. The van der Waals surface area contributed by atoms with Crippen LogP contribution in [0.3, 0.4) is 0 Å². The zero-order valence-electron chi connectivity index (χ0n) is 22.0. The van der Waals surface area contributed by atoms with Gasteiger partial charge in [0.25, 0.3) is 5.91 Å². The summed E-state index contributed by atoms with van der Waals surface area (Å²) in [6.07, 6.45) is 3.91. The molecule has 2 heterocycles. The maximum absolute atomic E-state index is 13.9. The second-order valence-corrected chi connectivity index (χ2v) is 10.9. The summed E-state index contributed by atoms with van der Waals surface area (Å²) in [5.74, 6) is -0.903. The van der Waals surface area contributed by atoms with Crippen molar-refractivity contribution in [1.82, 2.24) is 15.2 Å². The van der Waals surface area contributed by atoms with E-state index in [1.807, 2.05) is 0 Å². The first kappa shape index (κ1) is 30.2. The predicted octanol–water partition coefficient (Wildman–Crippen LogP) is 6.68. The van der Waals surface area contributed by atoms with Crippen molar-refractivity contribution in [2.45, 2.75) is 50.7 Å². The number of rotatable bonds is 7. The number of aromatic nitrogens is 1. The molecule has 1 saturated heterocycles. The Morgan fingerprint density at radius 2 is 1.75 bits per heavy atom. The molecule has 2 N–H and O–H groups in total. The number of piperidine rings is 1. The van der Waals surface area contributed by atoms with E-state index in [1.54, 1.807) is 12.3 Å². The molecule has 5 rings (SSSR count). The summed E-state index contributed by atoms with van der Waals surface area (Å²) in [6.45, 7) is 1.91. The zero-order chi connectivity index (χ0) is 27.6. The van der Waals surface area contributed by atoms with Gasteiger partial charge in [0, 0.05) is 35.2 Å². The van der Waals surface area contributed by atoms with Crippen LogP contribution in [-0.2, 0) is 11.0 Å². The van der Waals surface area contributed by atoms with E-state index in [1.165, 1.54) is 56.0 Å². The predicted molar refractivity (Wildman–Crippen MR) is 153 cm³/mol. The summed E-state index contributed by atoms with van der Waals surface area (Å²) in [5, 5.41) is 4.03. The second-order valence-electron chi connectivity index (χ2n) is 10.5. The number of H-pyrrole nitrogens is 1. The van der Waals surface area contributed by atoms with Crippen LogP contribution >= 0.6 is 24.0 Å². The molecule has 11 heteroatoms. The first-order valence-electron chi connectivity index (χ1n) is 13.5. The highest BCUT2D eigenvalue weighted by Gasteiger charge is 2.36. The summed E-state index contributed by atoms with van der Waals surface area (Å²) in [6, 6.07) is 10.2. The molecule has 0 unspecified atom stereocenters. The van der Waals surface area contributed by atoms with Gasteiger partial charge in [-0.3, -0.25) is 14.5 Å². The third-order valence-electron chi connectivity index (χ3n) is 8.00. The highest BCUT2D eigenvalue weighted by atomic mass is 35.5. The van der Waals surface area contributed by atoms with Gasteiger partial charge in [-0.1, -0.05) is 42.6 Å². The van der Waals surface area contributed by atoms with Crippen molar-refractivity contribution in [2.75, 3.05) is 31.1 Å². The Balaban J connectivity index is 0.00000370. The highest BCUT2D eigenvalue weighted by molar-refractivity contribution is 6.35. The highest BCUT2D eigenvalue weighted by Crippen LogP contribution is 2.37. The van der Waals surface area contributed by atoms with Crippen molar-refractivity contribution in [3.05, 3.63) is 64.8 Å². The molecule has 6 nitrogen and oxygen atoms in total. The van der Waals surface area contributed by atoms with Crippen molar-refractivity contribution >= 4 is 52.4 Å². The van der Waals surface area contributed by atoms with Gasteiger partial charge in [0.2, 0.25) is 5.91 Å². The van der Waals surface area contributed by atoms with Crippen LogP contribution < -0.4 is 10.2 Å². The summed E-state index contributed by atoms with van der Waals surface area (Å²) in [5.41, 5.74) is -0.623. The molecule has 40 heavy (non-hydrogen) atoms. The lowest BCUT2D eigenvalue weighted by atomic mass is 9.95. The standard InChI is InChI=1S/C29H32ClF3N4O2.ClH/c30-24-17-34-25-15-20(9-10-22(24)25)28(39)37(26-8-4-3-7-23(26)29(31,32)33)18-27(38)35-16-19-11-13-36(14-12-19)21-5-1-2-6-21;/h3-4,7-10,15,17,19,21,34H,1-2,5-6,11-14,16,18H2,(H,35,38);1H. The van der Waals surface area contributed by atoms with Crippen molar-refractivity contribution in [1.29, 1.82) is 0 Å². The molecule has 1 aliphatic carbocycles. The monoisotopic (exact) mass is 596 g/mol. The number of benzene rings is 2. The minimum Gasteiger partial charge on any atom is -0.360 e. The van der Waals surface area contributed by atoms with Gasteiger partial charge in [-0.05, 0) is 69.0 Å². The second kappa shape index (κ2) is 12.8. The lowest BCUT2D eigenvalue weighted by Gasteiger charge is -2.36. The molecule has 0 atom stereocenters. The average Bonchev–Trinajstić information content (AvgIpc) is 3.60. The Morgan fingerprint density at radius 3 is 2.45 bits per heavy atom. The van der Waals surface area contributed by atoms with E-state index < -0.39 is 30.1 Å². The average molecular weight is 598 g/mol. The minimum atomic E-state index is -4.70. The van der Waals surface area contributed by atoms with Crippen LogP contribution in [0.2, 0.25) is 5.02 Å². The Bertz CT molecular complexity index is 1330. The lowest BCUT2D eigenvalue weighted by molar-refractivity contribution is -0.137. The molecule has 2 aliphatic rings. The maximum Gasteiger partial charge on any atom is 0.418 e. The normalized spacial score (nSPS) is 17.1. The van der Waals surface area contributed by atoms with Gasteiger partial charge in [-0.2, -0.15) is 13.2 Å². The van der Waals surface area contributed by atoms with Gasteiger partial charge in [0.1, 0.15) is 6.54 Å². The molecule has 1 saturated carbocycles. The number of hydrogen-bond acceptors (Lipinski definition) is 3. The van der Waals surface area contributed by atoms with Crippen molar-refractivity contribution < 1.29 is 22.8 Å². The van der Waals surface area contributed by atoms with E-state index in [0.29, 0.717) is 34.4 Å². The number of anilines is 1. The number of hydrogen-bond donors (Lipinski definition) is 2. The number of likely N-dealkylation sites (tertiary alicyclic amines) is 1. The van der Waals surface area contributed by atoms with Crippen molar-refractivity contribution in [3.8, 4) is 0 Å². The fraction of sp³-hybridized carbons (Fsp3) is 0.448. The molecule has 0 radical (unpaired) electrons. The topological polar surface area (TPSA) is 68.4 Å². The number of amides is 2. The number of para-hydroxylation sites is 1. The molecular formula is C29H33Cl2F3N4O2. The molecule has 216 valence electrons. The zero-order valence-corrected chi connectivity index (χ0v) is 23.5. The van der Waals surface area contributed by atoms with Crippen LogP contribution in [0.5, 0.6) is 0 Å². The van der Waals surface area contributed by atoms with E-state index in [0.717, 1.165) is 36.9 Å². The fourth-order valence-corrected chi connectivity index (χ4v) is 6.06. The van der Waals surface area contributed by atoms with Crippen LogP contribution in [0.15, 0.2) is 48.7 Å². The largest absolute Gasteiger partial charge is 0.418 e. The summed E-state index contributed by atoms with van der Waals surface area (Å²) < 4.78 is 41.7. The molecule has 2 fully saturated rings. The van der Waals surface area contributed by atoms with Crippen LogP contribution in [0, 0.1) is 5.92 Å².